The molecule has 0 saturated carbocycles. The van der Waals surface area contributed by atoms with E-state index in [1.54, 1.807) is 12.1 Å². The molecule has 2 aromatic carbocycles. The minimum absolute atomic E-state index is 0.117. The molecule has 0 N–H and O–H groups in total. The Labute approximate surface area is 195 Å². The number of amides is 1. The number of rotatable bonds is 8. The second-order valence-electron chi connectivity index (χ2n) is 9.50. The predicted octanol–water partition coefficient (Wildman–Crippen LogP) is 6.44. The van der Waals surface area contributed by atoms with E-state index in [0.29, 0.717) is 31.4 Å². The summed E-state index contributed by atoms with van der Waals surface area (Å²) in [5.41, 5.74) is 2.00. The van der Waals surface area contributed by atoms with Crippen LogP contribution in [0.4, 0.5) is 4.39 Å². The lowest BCUT2D eigenvalue weighted by Gasteiger charge is -2.40. The van der Waals surface area contributed by atoms with E-state index < -0.39 is 0 Å². The molecule has 33 heavy (non-hydrogen) atoms. The average molecular weight is 450 g/mol. The first-order chi connectivity index (χ1) is 15.9. The molecule has 1 aliphatic rings. The molecule has 0 aliphatic carbocycles. The highest BCUT2D eigenvalue weighted by Gasteiger charge is 2.34. The Kier molecular flexibility index (Phi) is 7.29. The van der Waals surface area contributed by atoms with Gasteiger partial charge in [-0.2, -0.15) is 0 Å². The Morgan fingerprint density at radius 2 is 1.85 bits per heavy atom. The van der Waals surface area contributed by atoms with Crippen molar-refractivity contribution < 1.29 is 18.3 Å². The molecule has 1 aromatic heterocycles. The number of hydrogen-bond acceptors (Lipinski definition) is 3. The van der Waals surface area contributed by atoms with Crippen LogP contribution in [0.2, 0.25) is 0 Å². The molecule has 2 atom stereocenters. The molecule has 0 unspecified atom stereocenters. The Morgan fingerprint density at radius 3 is 2.52 bits per heavy atom. The largest absolute Gasteiger partial charge is 0.459 e. The van der Waals surface area contributed by atoms with E-state index in [-0.39, 0.29) is 23.2 Å². The van der Waals surface area contributed by atoms with Crippen LogP contribution in [0.5, 0.6) is 0 Å². The van der Waals surface area contributed by atoms with Crippen molar-refractivity contribution in [3.05, 3.63) is 95.7 Å². The summed E-state index contributed by atoms with van der Waals surface area (Å²) < 4.78 is 25.0. The van der Waals surface area contributed by atoms with Gasteiger partial charge in [-0.15, -0.1) is 0 Å². The quantitative estimate of drug-likeness (QED) is 0.397. The number of hydrogen-bond donors (Lipinski definition) is 0. The second kappa shape index (κ2) is 10.3. The molecule has 1 saturated heterocycles. The maximum absolute atomic E-state index is 13.7. The lowest BCUT2D eigenvalue weighted by Crippen LogP contribution is -2.38. The summed E-state index contributed by atoms with van der Waals surface area (Å²) in [6.45, 7) is 6.06. The Hall–Kier alpha value is -2.92. The van der Waals surface area contributed by atoms with Crippen LogP contribution < -0.4 is 0 Å². The number of benzene rings is 2. The fourth-order valence-corrected chi connectivity index (χ4v) is 4.91. The van der Waals surface area contributed by atoms with Crippen LogP contribution in [0.1, 0.15) is 60.7 Å². The maximum atomic E-state index is 13.7. The smallest absolute Gasteiger partial charge is 0.289 e. The van der Waals surface area contributed by atoms with Crippen molar-refractivity contribution in [2.45, 2.75) is 51.2 Å². The van der Waals surface area contributed by atoms with E-state index in [9.17, 15) is 9.18 Å². The summed E-state index contributed by atoms with van der Waals surface area (Å²) in [6.07, 6.45) is 4.20. The summed E-state index contributed by atoms with van der Waals surface area (Å²) in [7, 11) is 0. The summed E-state index contributed by atoms with van der Waals surface area (Å²) in [5, 5.41) is 0. The van der Waals surface area contributed by atoms with Gasteiger partial charge in [0.2, 0.25) is 0 Å². The minimum Gasteiger partial charge on any atom is -0.459 e. The van der Waals surface area contributed by atoms with Crippen molar-refractivity contribution in [1.82, 2.24) is 4.90 Å². The lowest BCUT2D eigenvalue weighted by molar-refractivity contribution is -0.0774. The summed E-state index contributed by atoms with van der Waals surface area (Å²) >= 11 is 0. The molecule has 4 nitrogen and oxygen atoms in total. The SMILES string of the molecule is CC1(C)C[C@@H]([C@@H](CCN(Cc2ccccc2)C(=O)c2ccco2)c2ccc(F)cc2)CCO1. The highest BCUT2D eigenvalue weighted by molar-refractivity contribution is 5.91. The summed E-state index contributed by atoms with van der Waals surface area (Å²) in [5.74, 6) is 0.599. The highest BCUT2D eigenvalue weighted by Crippen LogP contribution is 2.40. The number of halogens is 1. The summed E-state index contributed by atoms with van der Waals surface area (Å²) in [6, 6.07) is 20.3. The molecule has 0 bridgehead atoms. The monoisotopic (exact) mass is 449 g/mol. The number of carbonyl (C=O) groups is 1. The first-order valence-corrected chi connectivity index (χ1v) is 11.7. The zero-order chi connectivity index (χ0) is 23.3. The van der Waals surface area contributed by atoms with E-state index in [1.165, 1.54) is 18.4 Å². The molecule has 5 heteroatoms. The molecule has 174 valence electrons. The topological polar surface area (TPSA) is 42.7 Å². The number of ether oxygens (including phenoxy) is 1. The van der Waals surface area contributed by atoms with Gasteiger partial charge in [-0.3, -0.25) is 4.79 Å². The lowest BCUT2D eigenvalue weighted by atomic mass is 9.75. The Bertz CT molecular complexity index is 1020. The zero-order valence-electron chi connectivity index (χ0n) is 19.4. The summed E-state index contributed by atoms with van der Waals surface area (Å²) in [4.78, 5) is 15.1. The third kappa shape index (κ3) is 6.11. The molecule has 1 amide bonds. The van der Waals surface area contributed by atoms with Gasteiger partial charge in [-0.25, -0.2) is 4.39 Å². The van der Waals surface area contributed by atoms with Gasteiger partial charge in [0.25, 0.3) is 5.91 Å². The first-order valence-electron chi connectivity index (χ1n) is 11.7. The van der Waals surface area contributed by atoms with Crippen LogP contribution in [0.15, 0.2) is 77.4 Å². The Balaban J connectivity index is 1.57. The van der Waals surface area contributed by atoms with Crippen LogP contribution in [-0.4, -0.2) is 29.6 Å². The zero-order valence-corrected chi connectivity index (χ0v) is 19.4. The van der Waals surface area contributed by atoms with Gasteiger partial charge in [0, 0.05) is 19.7 Å². The third-order valence-corrected chi connectivity index (χ3v) is 6.55. The molecule has 2 heterocycles. The molecular formula is C28H32FNO3. The fourth-order valence-electron chi connectivity index (χ4n) is 4.91. The third-order valence-electron chi connectivity index (χ3n) is 6.55. The first kappa shape index (κ1) is 23.2. The number of carbonyl (C=O) groups excluding carboxylic acids is 1. The van der Waals surface area contributed by atoms with Crippen LogP contribution >= 0.6 is 0 Å². The van der Waals surface area contributed by atoms with Gasteiger partial charge >= 0.3 is 0 Å². The number of nitrogens with zero attached hydrogens (tertiary/aromatic N) is 1. The molecular weight excluding hydrogens is 417 g/mol. The molecule has 0 spiro atoms. The molecule has 4 rings (SSSR count). The van der Waals surface area contributed by atoms with E-state index in [2.05, 4.69) is 13.8 Å². The highest BCUT2D eigenvalue weighted by atomic mass is 19.1. The molecule has 0 radical (unpaired) electrons. The van der Waals surface area contributed by atoms with Gasteiger partial charge in [0.1, 0.15) is 5.82 Å². The normalized spacial score (nSPS) is 18.6. The van der Waals surface area contributed by atoms with Crippen molar-refractivity contribution in [2.24, 2.45) is 5.92 Å². The minimum atomic E-state index is -0.233. The fraction of sp³-hybridized carbons (Fsp3) is 0.393. The van der Waals surface area contributed by atoms with Gasteiger partial charge in [0.15, 0.2) is 5.76 Å². The standard InChI is InChI=1S/C28H32FNO3/c1-28(2)19-23(15-18-33-28)25(22-10-12-24(29)13-11-22)14-16-30(20-21-7-4-3-5-8-21)27(31)26-9-6-17-32-26/h3-13,17,23,25H,14-16,18-20H2,1-2H3/t23-,25-/m0/s1. The van der Waals surface area contributed by atoms with Crippen LogP contribution in [-0.2, 0) is 11.3 Å². The molecule has 1 fully saturated rings. The van der Waals surface area contributed by atoms with Gasteiger partial charge in [0.05, 0.1) is 11.9 Å². The van der Waals surface area contributed by atoms with E-state index >= 15 is 0 Å². The second-order valence-corrected chi connectivity index (χ2v) is 9.50. The van der Waals surface area contributed by atoms with Crippen molar-refractivity contribution in [2.75, 3.05) is 13.2 Å². The van der Waals surface area contributed by atoms with E-state index in [0.717, 1.165) is 30.4 Å². The van der Waals surface area contributed by atoms with Gasteiger partial charge < -0.3 is 14.1 Å². The van der Waals surface area contributed by atoms with Gasteiger partial charge in [-0.05, 0) is 80.3 Å². The van der Waals surface area contributed by atoms with E-state index in [1.807, 2.05) is 47.4 Å². The van der Waals surface area contributed by atoms with Crippen LogP contribution in [0.25, 0.3) is 0 Å². The van der Waals surface area contributed by atoms with E-state index in [4.69, 9.17) is 9.15 Å². The van der Waals surface area contributed by atoms with Crippen LogP contribution in [0, 0.1) is 11.7 Å². The van der Waals surface area contributed by atoms with Crippen molar-refractivity contribution in [3.63, 3.8) is 0 Å². The van der Waals surface area contributed by atoms with Crippen LogP contribution in [0.3, 0.4) is 0 Å². The predicted molar refractivity (Wildman–Crippen MR) is 126 cm³/mol. The van der Waals surface area contributed by atoms with Gasteiger partial charge in [-0.1, -0.05) is 42.5 Å². The maximum Gasteiger partial charge on any atom is 0.289 e. The van der Waals surface area contributed by atoms with Crippen molar-refractivity contribution >= 4 is 5.91 Å². The molecule has 3 aromatic rings. The molecule has 1 aliphatic heterocycles. The van der Waals surface area contributed by atoms with Crippen molar-refractivity contribution in [1.29, 1.82) is 0 Å². The Morgan fingerprint density at radius 1 is 1.09 bits per heavy atom. The number of furan rings is 1. The average Bonchev–Trinajstić information content (AvgIpc) is 3.34. The van der Waals surface area contributed by atoms with Crippen molar-refractivity contribution in [3.8, 4) is 0 Å².